The predicted molar refractivity (Wildman–Crippen MR) is 89.0 cm³/mol. The van der Waals surface area contributed by atoms with Gasteiger partial charge in [0, 0.05) is 23.3 Å². The van der Waals surface area contributed by atoms with E-state index in [0.29, 0.717) is 18.4 Å². The SMILES string of the molecule is CC(C)NCc1csc(S(=O)(=O)Nc2ccc(Br)cn2)c1. The molecule has 0 aromatic carbocycles. The average Bonchev–Trinajstić information content (AvgIpc) is 2.88. The summed E-state index contributed by atoms with van der Waals surface area (Å²) in [6.07, 6.45) is 1.55. The molecular weight excluding hydrogens is 374 g/mol. The zero-order valence-electron chi connectivity index (χ0n) is 11.6. The lowest BCUT2D eigenvalue weighted by Gasteiger charge is -2.06. The van der Waals surface area contributed by atoms with E-state index < -0.39 is 10.0 Å². The number of nitrogens with one attached hydrogen (secondary N) is 2. The van der Waals surface area contributed by atoms with E-state index in [9.17, 15) is 8.42 Å². The molecule has 2 rings (SSSR count). The van der Waals surface area contributed by atoms with E-state index in [2.05, 4.69) is 31.0 Å². The fraction of sp³-hybridized carbons (Fsp3) is 0.308. The molecule has 0 unspecified atom stereocenters. The smallest absolute Gasteiger partial charge is 0.272 e. The number of rotatable bonds is 6. The second-order valence-electron chi connectivity index (χ2n) is 4.78. The van der Waals surface area contributed by atoms with Crippen LogP contribution in [0.2, 0.25) is 0 Å². The van der Waals surface area contributed by atoms with Crippen LogP contribution in [-0.4, -0.2) is 19.4 Å². The van der Waals surface area contributed by atoms with Gasteiger partial charge in [0.05, 0.1) is 0 Å². The highest BCUT2D eigenvalue weighted by Gasteiger charge is 2.17. The highest BCUT2D eigenvalue weighted by molar-refractivity contribution is 9.10. The first kappa shape index (κ1) is 16.4. The zero-order chi connectivity index (χ0) is 15.5. The molecule has 0 bridgehead atoms. The van der Waals surface area contributed by atoms with Gasteiger partial charge in [0.15, 0.2) is 0 Å². The van der Waals surface area contributed by atoms with Gasteiger partial charge in [-0.25, -0.2) is 13.4 Å². The summed E-state index contributed by atoms with van der Waals surface area (Å²) in [5, 5.41) is 5.10. The molecule has 21 heavy (non-hydrogen) atoms. The maximum absolute atomic E-state index is 12.3. The van der Waals surface area contributed by atoms with E-state index in [0.717, 1.165) is 10.0 Å². The fourth-order valence-corrected chi connectivity index (χ4v) is 3.99. The van der Waals surface area contributed by atoms with Crippen LogP contribution in [0, 0.1) is 0 Å². The largest absolute Gasteiger partial charge is 0.310 e. The second kappa shape index (κ2) is 6.87. The molecule has 0 saturated carbocycles. The van der Waals surface area contributed by atoms with Gasteiger partial charge in [0.1, 0.15) is 10.0 Å². The Labute approximate surface area is 137 Å². The summed E-state index contributed by atoms with van der Waals surface area (Å²) in [5.74, 6) is 0.299. The normalized spacial score (nSPS) is 11.8. The monoisotopic (exact) mass is 389 g/mol. The number of anilines is 1. The number of aromatic nitrogens is 1. The lowest BCUT2D eigenvalue weighted by molar-refractivity contribution is 0.589. The van der Waals surface area contributed by atoms with Gasteiger partial charge in [-0.15, -0.1) is 11.3 Å². The van der Waals surface area contributed by atoms with E-state index in [1.165, 1.54) is 11.3 Å². The van der Waals surface area contributed by atoms with Gasteiger partial charge < -0.3 is 5.32 Å². The van der Waals surface area contributed by atoms with Gasteiger partial charge in [-0.3, -0.25) is 4.72 Å². The van der Waals surface area contributed by atoms with Crippen molar-refractivity contribution in [3.63, 3.8) is 0 Å². The first-order valence-electron chi connectivity index (χ1n) is 6.32. The van der Waals surface area contributed by atoms with Crippen molar-refractivity contribution < 1.29 is 8.42 Å². The van der Waals surface area contributed by atoms with Crippen LogP contribution < -0.4 is 10.0 Å². The summed E-state index contributed by atoms with van der Waals surface area (Å²) in [6, 6.07) is 5.38. The first-order valence-corrected chi connectivity index (χ1v) is 9.47. The maximum atomic E-state index is 12.3. The third-order valence-electron chi connectivity index (χ3n) is 2.58. The van der Waals surface area contributed by atoms with Crippen molar-refractivity contribution in [1.29, 1.82) is 0 Å². The summed E-state index contributed by atoms with van der Waals surface area (Å²) in [5.41, 5.74) is 0.956. The van der Waals surface area contributed by atoms with Gasteiger partial charge in [-0.1, -0.05) is 13.8 Å². The topological polar surface area (TPSA) is 71.1 Å². The molecule has 0 amide bonds. The molecule has 114 valence electrons. The molecule has 0 fully saturated rings. The first-order chi connectivity index (χ1) is 9.87. The lowest BCUT2D eigenvalue weighted by atomic mass is 10.3. The van der Waals surface area contributed by atoms with Gasteiger partial charge in [0.2, 0.25) is 0 Å². The van der Waals surface area contributed by atoms with Crippen LogP contribution in [-0.2, 0) is 16.6 Å². The van der Waals surface area contributed by atoms with Crippen molar-refractivity contribution in [1.82, 2.24) is 10.3 Å². The third-order valence-corrected chi connectivity index (χ3v) is 5.89. The molecule has 0 radical (unpaired) electrons. The average molecular weight is 390 g/mol. The Morgan fingerprint density at radius 3 is 2.76 bits per heavy atom. The highest BCUT2D eigenvalue weighted by Crippen LogP contribution is 2.23. The fourth-order valence-electron chi connectivity index (χ4n) is 1.53. The number of nitrogens with zero attached hydrogens (tertiary/aromatic N) is 1. The Kier molecular flexibility index (Phi) is 5.37. The van der Waals surface area contributed by atoms with E-state index >= 15 is 0 Å². The molecular formula is C13H16BrN3O2S2. The molecule has 2 aromatic heterocycles. The number of thiophene rings is 1. The highest BCUT2D eigenvalue weighted by atomic mass is 79.9. The molecule has 0 atom stereocenters. The Morgan fingerprint density at radius 2 is 2.14 bits per heavy atom. The van der Waals surface area contributed by atoms with Crippen molar-refractivity contribution in [3.05, 3.63) is 39.8 Å². The summed E-state index contributed by atoms with van der Waals surface area (Å²) in [4.78, 5) is 4.01. The molecule has 8 heteroatoms. The molecule has 5 nitrogen and oxygen atoms in total. The standard InChI is InChI=1S/C13H16BrN3O2S2/c1-9(2)15-6-10-5-13(20-8-10)21(18,19)17-12-4-3-11(14)7-16-12/h3-5,7-9,15H,6H2,1-2H3,(H,16,17). The Balaban J connectivity index is 2.10. The Hall–Kier alpha value is -0.960. The van der Waals surface area contributed by atoms with Crippen molar-refractivity contribution in [3.8, 4) is 0 Å². The van der Waals surface area contributed by atoms with Crippen LogP contribution in [0.3, 0.4) is 0 Å². The predicted octanol–water partition coefficient (Wildman–Crippen LogP) is 3.20. The Morgan fingerprint density at radius 1 is 1.38 bits per heavy atom. The van der Waals surface area contributed by atoms with Crippen molar-refractivity contribution in [2.45, 2.75) is 30.6 Å². The number of sulfonamides is 1. The summed E-state index contributed by atoms with van der Waals surface area (Å²) >= 11 is 4.46. The van der Waals surface area contributed by atoms with Crippen LogP contribution in [0.4, 0.5) is 5.82 Å². The second-order valence-corrected chi connectivity index (χ2v) is 8.51. The quantitative estimate of drug-likeness (QED) is 0.795. The Bertz CT molecular complexity index is 696. The molecule has 2 aromatic rings. The van der Waals surface area contributed by atoms with Crippen LogP contribution in [0.15, 0.2) is 38.5 Å². The number of pyridine rings is 1. The van der Waals surface area contributed by atoms with Crippen LogP contribution in [0.25, 0.3) is 0 Å². The molecule has 0 aliphatic carbocycles. The van der Waals surface area contributed by atoms with Gasteiger partial charge in [-0.2, -0.15) is 0 Å². The summed E-state index contributed by atoms with van der Waals surface area (Å²) in [6.45, 7) is 4.75. The van der Waals surface area contributed by atoms with Gasteiger partial charge in [-0.05, 0) is 45.1 Å². The van der Waals surface area contributed by atoms with Gasteiger partial charge in [0.25, 0.3) is 10.0 Å². The van der Waals surface area contributed by atoms with E-state index in [1.54, 1.807) is 24.4 Å². The molecule has 0 saturated heterocycles. The van der Waals surface area contributed by atoms with Crippen LogP contribution in [0.5, 0.6) is 0 Å². The third kappa shape index (κ3) is 4.77. The number of hydrogen-bond donors (Lipinski definition) is 2. The minimum Gasteiger partial charge on any atom is -0.310 e. The maximum Gasteiger partial charge on any atom is 0.272 e. The molecule has 0 aliphatic rings. The zero-order valence-corrected chi connectivity index (χ0v) is 14.8. The van der Waals surface area contributed by atoms with E-state index in [-0.39, 0.29) is 4.21 Å². The van der Waals surface area contributed by atoms with Gasteiger partial charge >= 0.3 is 0 Å². The lowest BCUT2D eigenvalue weighted by Crippen LogP contribution is -2.21. The van der Waals surface area contributed by atoms with Crippen molar-refractivity contribution in [2.75, 3.05) is 4.72 Å². The molecule has 2 N–H and O–H groups in total. The number of hydrogen-bond acceptors (Lipinski definition) is 5. The van der Waals surface area contributed by atoms with E-state index in [4.69, 9.17) is 0 Å². The minimum atomic E-state index is -3.58. The summed E-state index contributed by atoms with van der Waals surface area (Å²) in [7, 11) is -3.58. The van der Waals surface area contributed by atoms with Crippen molar-refractivity contribution in [2.24, 2.45) is 0 Å². The van der Waals surface area contributed by atoms with Crippen LogP contribution in [0.1, 0.15) is 19.4 Å². The minimum absolute atomic E-state index is 0.285. The molecule has 0 spiro atoms. The van der Waals surface area contributed by atoms with Crippen LogP contribution >= 0.6 is 27.3 Å². The van der Waals surface area contributed by atoms with E-state index in [1.807, 2.05) is 19.2 Å². The van der Waals surface area contributed by atoms with Crippen molar-refractivity contribution >= 4 is 43.1 Å². The summed E-state index contributed by atoms with van der Waals surface area (Å²) < 4.78 is 28.1. The molecule has 0 aliphatic heterocycles. The number of halogens is 1. The molecule has 2 heterocycles.